The van der Waals surface area contributed by atoms with Crippen LogP contribution < -0.4 is 0 Å². The minimum Gasteiger partial charge on any atom is -0.744 e. The monoisotopic (exact) mass is 561 g/mol. The molecule has 0 radical (unpaired) electrons. The maximum Gasteiger partial charge on any atom is 0.125 e. The average molecular weight is 562 g/mol. The number of quaternary nitrogens is 1. The molecular weight excluding hydrogens is 502 g/mol. The van der Waals surface area contributed by atoms with Crippen LogP contribution >= 0.6 is 0 Å². The summed E-state index contributed by atoms with van der Waals surface area (Å²) in [7, 11) is -4.38. The van der Waals surface area contributed by atoms with Gasteiger partial charge in [-0.3, -0.25) is 0 Å². The van der Waals surface area contributed by atoms with Gasteiger partial charge in [-0.25, -0.2) is 8.42 Å². The normalized spacial score (nSPS) is 11.9. The van der Waals surface area contributed by atoms with Gasteiger partial charge in [-0.1, -0.05) is 133 Å². The SMILES string of the molecule is CCCCCCCCCCCCCCCCCC[N+](CC)(CC)CC.O=S(=O)([O-])c1cccc2ccccc12. The molecule has 2 rings (SSSR count). The van der Waals surface area contributed by atoms with Crippen molar-refractivity contribution >= 4 is 20.9 Å². The first kappa shape index (κ1) is 35.6. The van der Waals surface area contributed by atoms with E-state index in [4.69, 9.17) is 0 Å². The molecule has 2 aromatic rings. The van der Waals surface area contributed by atoms with Crippen LogP contribution in [0.4, 0.5) is 0 Å². The molecule has 0 fully saturated rings. The number of fused-ring (bicyclic) bond motifs is 1. The zero-order valence-corrected chi connectivity index (χ0v) is 26.6. The fourth-order valence-corrected chi connectivity index (χ4v) is 6.25. The molecule has 0 bridgehead atoms. The molecule has 0 aliphatic heterocycles. The Morgan fingerprint density at radius 2 is 0.974 bits per heavy atom. The van der Waals surface area contributed by atoms with Crippen molar-refractivity contribution in [3.8, 4) is 0 Å². The first-order chi connectivity index (χ1) is 18.8. The molecule has 0 spiro atoms. The van der Waals surface area contributed by atoms with E-state index < -0.39 is 10.1 Å². The lowest BCUT2D eigenvalue weighted by Crippen LogP contribution is -2.48. The van der Waals surface area contributed by atoms with E-state index in [-0.39, 0.29) is 4.90 Å². The van der Waals surface area contributed by atoms with Gasteiger partial charge in [-0.05, 0) is 50.5 Å². The Morgan fingerprint density at radius 1 is 0.564 bits per heavy atom. The Balaban J connectivity index is 0.000000451. The molecule has 4 nitrogen and oxygen atoms in total. The highest BCUT2D eigenvalue weighted by Crippen LogP contribution is 2.22. The molecule has 0 unspecified atom stereocenters. The lowest BCUT2D eigenvalue weighted by atomic mass is 10.0. The predicted molar refractivity (Wildman–Crippen MR) is 168 cm³/mol. The molecule has 5 heteroatoms. The van der Waals surface area contributed by atoms with E-state index in [0.717, 1.165) is 5.39 Å². The molecule has 0 aliphatic rings. The van der Waals surface area contributed by atoms with E-state index in [0.29, 0.717) is 5.39 Å². The standard InChI is InChI=1S/C24H52N.C10H8O3S/c1-5-9-10-11-12-13-14-15-16-17-18-19-20-21-22-23-24-25(6-2,7-3)8-4;11-14(12,13)10-7-3-5-8-4-1-2-6-9(8)10/h5-24H2,1-4H3;1-7H,(H,11,12,13)/q+1;/p-1. The number of hydrogen-bond acceptors (Lipinski definition) is 3. The Labute approximate surface area is 241 Å². The first-order valence-corrected chi connectivity index (χ1v) is 17.5. The summed E-state index contributed by atoms with van der Waals surface area (Å²) in [6, 6.07) is 11.5. The van der Waals surface area contributed by atoms with Crippen LogP contribution in [0.25, 0.3) is 10.8 Å². The second-order valence-electron chi connectivity index (χ2n) is 11.2. The van der Waals surface area contributed by atoms with E-state index in [1.54, 1.807) is 36.4 Å². The summed E-state index contributed by atoms with van der Waals surface area (Å²) in [6.07, 6.45) is 23.4. The third kappa shape index (κ3) is 15.2. The van der Waals surface area contributed by atoms with Crippen LogP contribution in [0, 0.1) is 0 Å². The number of rotatable bonds is 21. The Hall–Kier alpha value is -1.43. The van der Waals surface area contributed by atoms with Crippen LogP contribution in [0.1, 0.15) is 130 Å². The lowest BCUT2D eigenvalue weighted by Gasteiger charge is -2.35. The van der Waals surface area contributed by atoms with Crippen LogP contribution in [-0.2, 0) is 10.1 Å². The van der Waals surface area contributed by atoms with Gasteiger partial charge in [0, 0.05) is 0 Å². The number of unbranched alkanes of at least 4 members (excludes halogenated alkanes) is 15. The van der Waals surface area contributed by atoms with Crippen molar-refractivity contribution in [2.75, 3.05) is 26.2 Å². The summed E-state index contributed by atoms with van der Waals surface area (Å²) in [4.78, 5) is -0.157. The molecule has 224 valence electrons. The van der Waals surface area contributed by atoms with Crippen molar-refractivity contribution < 1.29 is 17.5 Å². The largest absolute Gasteiger partial charge is 0.744 e. The number of benzene rings is 2. The fraction of sp³-hybridized carbons (Fsp3) is 0.706. The van der Waals surface area contributed by atoms with Crippen molar-refractivity contribution in [3.63, 3.8) is 0 Å². The highest BCUT2D eigenvalue weighted by Gasteiger charge is 2.19. The van der Waals surface area contributed by atoms with Gasteiger partial charge in [-0.15, -0.1) is 0 Å². The van der Waals surface area contributed by atoms with Gasteiger partial charge in [0.05, 0.1) is 31.1 Å². The molecule has 0 saturated carbocycles. The third-order valence-electron chi connectivity index (χ3n) is 8.52. The average Bonchev–Trinajstić information content (AvgIpc) is 2.95. The zero-order chi connectivity index (χ0) is 28.8. The molecule has 0 heterocycles. The van der Waals surface area contributed by atoms with Crippen molar-refractivity contribution in [1.29, 1.82) is 0 Å². The van der Waals surface area contributed by atoms with Crippen molar-refractivity contribution in [1.82, 2.24) is 0 Å². The Kier molecular flexibility index (Phi) is 19.5. The molecule has 0 saturated heterocycles. The highest BCUT2D eigenvalue weighted by atomic mass is 32.2. The molecule has 0 N–H and O–H groups in total. The maximum atomic E-state index is 10.9. The third-order valence-corrected chi connectivity index (χ3v) is 9.41. The van der Waals surface area contributed by atoms with Gasteiger partial charge in [0.1, 0.15) is 10.1 Å². The molecule has 0 aromatic heterocycles. The molecule has 0 aliphatic carbocycles. The molecule has 0 amide bonds. The summed E-state index contributed by atoms with van der Waals surface area (Å²) in [5.74, 6) is 0. The second-order valence-corrected chi connectivity index (χ2v) is 12.6. The molecule has 0 atom stereocenters. The summed E-state index contributed by atoms with van der Waals surface area (Å²) in [6.45, 7) is 14.7. The van der Waals surface area contributed by atoms with Gasteiger partial charge in [0.2, 0.25) is 0 Å². The van der Waals surface area contributed by atoms with E-state index in [9.17, 15) is 13.0 Å². The Bertz CT molecular complexity index is 956. The van der Waals surface area contributed by atoms with Gasteiger partial charge in [0.25, 0.3) is 0 Å². The summed E-state index contributed by atoms with van der Waals surface area (Å²) in [5.41, 5.74) is 0. The quantitative estimate of drug-likeness (QED) is 0.0865. The summed E-state index contributed by atoms with van der Waals surface area (Å²) in [5, 5.41) is 1.23. The fourth-order valence-electron chi connectivity index (χ4n) is 5.55. The van der Waals surface area contributed by atoms with Crippen LogP contribution in [0.2, 0.25) is 0 Å². The van der Waals surface area contributed by atoms with Crippen molar-refractivity contribution in [2.45, 2.75) is 135 Å². The van der Waals surface area contributed by atoms with E-state index in [1.165, 1.54) is 139 Å². The molecule has 2 aromatic carbocycles. The number of nitrogens with zero attached hydrogens (tertiary/aromatic N) is 1. The first-order valence-electron chi connectivity index (χ1n) is 16.1. The smallest absolute Gasteiger partial charge is 0.125 e. The minimum absolute atomic E-state index is 0.157. The zero-order valence-electron chi connectivity index (χ0n) is 25.8. The Morgan fingerprint density at radius 3 is 1.41 bits per heavy atom. The van der Waals surface area contributed by atoms with Crippen molar-refractivity contribution in [3.05, 3.63) is 42.5 Å². The van der Waals surface area contributed by atoms with E-state index >= 15 is 0 Å². The predicted octanol–water partition coefficient (Wildman–Crippen LogP) is 9.87. The summed E-state index contributed by atoms with van der Waals surface area (Å²) >= 11 is 0. The van der Waals surface area contributed by atoms with Crippen LogP contribution in [-0.4, -0.2) is 43.6 Å². The van der Waals surface area contributed by atoms with Crippen LogP contribution in [0.15, 0.2) is 47.4 Å². The van der Waals surface area contributed by atoms with Crippen LogP contribution in [0.3, 0.4) is 0 Å². The topological polar surface area (TPSA) is 57.2 Å². The summed E-state index contributed by atoms with van der Waals surface area (Å²) < 4.78 is 34.0. The number of hydrogen-bond donors (Lipinski definition) is 0. The minimum atomic E-state index is -4.38. The molecule has 39 heavy (non-hydrogen) atoms. The second kappa shape index (κ2) is 21.3. The van der Waals surface area contributed by atoms with Gasteiger partial charge < -0.3 is 9.04 Å². The molecular formula is C34H59NO3S. The van der Waals surface area contributed by atoms with Crippen molar-refractivity contribution in [2.24, 2.45) is 0 Å². The van der Waals surface area contributed by atoms with E-state index in [2.05, 4.69) is 27.7 Å². The van der Waals surface area contributed by atoms with Gasteiger partial charge in [-0.2, -0.15) is 0 Å². The van der Waals surface area contributed by atoms with E-state index in [1.807, 2.05) is 0 Å². The maximum absolute atomic E-state index is 10.9. The highest BCUT2D eigenvalue weighted by molar-refractivity contribution is 7.86. The van der Waals surface area contributed by atoms with Gasteiger partial charge in [0.15, 0.2) is 0 Å². The van der Waals surface area contributed by atoms with Gasteiger partial charge >= 0.3 is 0 Å². The van der Waals surface area contributed by atoms with Crippen LogP contribution in [0.5, 0.6) is 0 Å². The lowest BCUT2D eigenvalue weighted by molar-refractivity contribution is -0.923.